The summed E-state index contributed by atoms with van der Waals surface area (Å²) in [6.07, 6.45) is 12.7. The van der Waals surface area contributed by atoms with Gasteiger partial charge < -0.3 is 20.1 Å². The van der Waals surface area contributed by atoms with Crippen LogP contribution in [0, 0.1) is 11.8 Å². The molecule has 0 bridgehead atoms. The Bertz CT molecular complexity index is 1630. The first-order valence-corrected chi connectivity index (χ1v) is 16.7. The van der Waals surface area contributed by atoms with Crippen molar-refractivity contribution in [3.8, 4) is 11.5 Å². The monoisotopic (exact) mass is 682 g/mol. The van der Waals surface area contributed by atoms with Crippen molar-refractivity contribution >= 4 is 52.6 Å². The van der Waals surface area contributed by atoms with Crippen LogP contribution < -0.4 is 29.9 Å². The van der Waals surface area contributed by atoms with Gasteiger partial charge in [-0.3, -0.25) is 19.3 Å². The number of hydrogen-bond acceptors (Lipinski definition) is 8. The third-order valence-corrected chi connectivity index (χ3v) is 10.3. The summed E-state index contributed by atoms with van der Waals surface area (Å²) in [5.74, 6) is 2.52. The van der Waals surface area contributed by atoms with Gasteiger partial charge in [-0.2, -0.15) is 10.1 Å². The van der Waals surface area contributed by atoms with Crippen molar-refractivity contribution in [2.24, 2.45) is 18.9 Å². The Morgan fingerprint density at radius 3 is 2.45 bits per heavy atom. The second-order valence-corrected chi connectivity index (χ2v) is 13.2. The smallest absolute Gasteiger partial charge is 0.330 e. The van der Waals surface area contributed by atoms with E-state index in [4.69, 9.17) is 42.6 Å². The molecule has 47 heavy (non-hydrogen) atoms. The summed E-state index contributed by atoms with van der Waals surface area (Å²) in [5, 5.41) is 11.5. The van der Waals surface area contributed by atoms with Gasteiger partial charge >= 0.3 is 6.03 Å². The van der Waals surface area contributed by atoms with Crippen molar-refractivity contribution in [1.82, 2.24) is 25.1 Å². The van der Waals surface area contributed by atoms with E-state index in [2.05, 4.69) is 22.3 Å². The number of carbonyl (C=O) groups excluding carboxylic acids is 2. The summed E-state index contributed by atoms with van der Waals surface area (Å²) >= 11 is 13.5. The maximum Gasteiger partial charge on any atom is 0.330 e. The number of carbonyl (C=O) groups is 2. The molecule has 3 aliphatic rings. The Balaban J connectivity index is 1.35. The van der Waals surface area contributed by atoms with E-state index in [0.717, 1.165) is 19.3 Å². The van der Waals surface area contributed by atoms with Crippen molar-refractivity contribution in [1.29, 1.82) is 0 Å². The molecule has 2 fully saturated rings. The summed E-state index contributed by atoms with van der Waals surface area (Å²) in [7, 11) is 4.78. The number of fused-ring (bicyclic) bond motifs is 1. The number of anilines is 3. The molecule has 12 nitrogen and oxygen atoms in total. The van der Waals surface area contributed by atoms with E-state index in [0.29, 0.717) is 46.4 Å². The zero-order valence-electron chi connectivity index (χ0n) is 26.8. The molecule has 2 aromatic heterocycles. The standard InChI is InChI=1S/C33H40Cl2N8O4/c1-5-27(44)37-23-11-10-20(19-8-6-7-9-19)14-24(23)38-32-36-16-21-17-42(30-28(34)25(46-3)15-26(47-4)29(30)35)33(45)43(31(21)39-32)18-22-12-13-41(2)40-22/h5,12-13,15-16,19-20,23-24H,1,6-11,14,17-18H2,2-4H3,(H,37,44)(H,36,38,39)/t20?,23-,24+/m0/s1. The Morgan fingerprint density at radius 1 is 1.09 bits per heavy atom. The van der Waals surface area contributed by atoms with E-state index in [9.17, 15) is 9.59 Å². The first-order valence-electron chi connectivity index (χ1n) is 15.9. The van der Waals surface area contributed by atoms with Crippen molar-refractivity contribution < 1.29 is 19.1 Å². The molecule has 1 aliphatic heterocycles. The van der Waals surface area contributed by atoms with Crippen LogP contribution in [-0.2, 0) is 24.9 Å². The van der Waals surface area contributed by atoms with Gasteiger partial charge in [-0.05, 0) is 43.2 Å². The van der Waals surface area contributed by atoms with E-state index in [1.165, 1.54) is 50.9 Å². The summed E-state index contributed by atoms with van der Waals surface area (Å²) in [4.78, 5) is 39.4. The predicted molar refractivity (Wildman–Crippen MR) is 181 cm³/mol. The number of urea groups is 1. The van der Waals surface area contributed by atoms with Crippen molar-refractivity contribution in [2.45, 2.75) is 70.1 Å². The molecule has 3 aromatic rings. The third kappa shape index (κ3) is 6.71. The fourth-order valence-electron chi connectivity index (χ4n) is 7.22. The van der Waals surface area contributed by atoms with Crippen LogP contribution in [0.4, 0.5) is 22.2 Å². The summed E-state index contributed by atoms with van der Waals surface area (Å²) in [6.45, 7) is 3.88. The highest BCUT2D eigenvalue weighted by molar-refractivity contribution is 6.42. The average Bonchev–Trinajstić information content (AvgIpc) is 3.76. The van der Waals surface area contributed by atoms with E-state index in [1.54, 1.807) is 21.8 Å². The molecule has 2 aliphatic carbocycles. The van der Waals surface area contributed by atoms with Gasteiger partial charge in [0.2, 0.25) is 11.9 Å². The number of ether oxygens (including phenoxy) is 2. The van der Waals surface area contributed by atoms with Crippen LogP contribution in [0.25, 0.3) is 0 Å². The molecule has 1 unspecified atom stereocenters. The molecule has 3 amide bonds. The minimum Gasteiger partial charge on any atom is -0.495 e. The Morgan fingerprint density at radius 2 is 1.81 bits per heavy atom. The number of amides is 3. The largest absolute Gasteiger partial charge is 0.495 e. The molecular weight excluding hydrogens is 643 g/mol. The molecule has 0 spiro atoms. The average molecular weight is 684 g/mol. The van der Waals surface area contributed by atoms with Crippen LogP contribution in [-0.4, -0.2) is 58.0 Å². The minimum atomic E-state index is -0.401. The lowest BCUT2D eigenvalue weighted by atomic mass is 9.75. The van der Waals surface area contributed by atoms with Gasteiger partial charge in [-0.15, -0.1) is 0 Å². The van der Waals surface area contributed by atoms with E-state index in [-0.39, 0.29) is 46.8 Å². The number of nitrogens with zero attached hydrogens (tertiary/aromatic N) is 6. The second-order valence-electron chi connectivity index (χ2n) is 12.4. The van der Waals surface area contributed by atoms with Crippen LogP contribution in [0.1, 0.15) is 56.2 Å². The highest BCUT2D eigenvalue weighted by atomic mass is 35.5. The maximum atomic E-state index is 14.4. The lowest BCUT2D eigenvalue weighted by molar-refractivity contribution is -0.117. The number of halogens is 2. The topological polar surface area (TPSA) is 127 Å². The number of benzene rings is 1. The van der Waals surface area contributed by atoms with Crippen molar-refractivity contribution in [3.63, 3.8) is 0 Å². The van der Waals surface area contributed by atoms with Crippen molar-refractivity contribution in [3.05, 3.63) is 58.5 Å². The quantitative estimate of drug-likeness (QED) is 0.245. The van der Waals surface area contributed by atoms with Crippen molar-refractivity contribution in [2.75, 3.05) is 29.3 Å². The molecule has 2 saturated carbocycles. The number of aromatic nitrogens is 4. The molecule has 2 N–H and O–H groups in total. The highest BCUT2D eigenvalue weighted by Gasteiger charge is 2.39. The molecule has 0 saturated heterocycles. The molecule has 1 aromatic carbocycles. The van der Waals surface area contributed by atoms with E-state index < -0.39 is 6.03 Å². The first kappa shape index (κ1) is 32.9. The lowest BCUT2D eigenvalue weighted by Crippen LogP contribution is -2.51. The molecule has 250 valence electrons. The first-order chi connectivity index (χ1) is 22.7. The normalized spacial score (nSPS) is 21.4. The fourth-order valence-corrected chi connectivity index (χ4v) is 7.93. The number of aryl methyl sites for hydroxylation is 1. The molecule has 0 radical (unpaired) electrons. The van der Waals surface area contributed by atoms with Gasteiger partial charge in [0, 0.05) is 43.2 Å². The molecule has 3 heterocycles. The number of nitrogens with one attached hydrogen (secondary N) is 2. The third-order valence-electron chi connectivity index (χ3n) is 9.58. The number of hydrogen-bond donors (Lipinski definition) is 2. The lowest BCUT2D eigenvalue weighted by Gasteiger charge is -2.40. The summed E-state index contributed by atoms with van der Waals surface area (Å²) in [5.41, 5.74) is 1.61. The van der Waals surface area contributed by atoms with Crippen LogP contribution in [0.3, 0.4) is 0 Å². The molecule has 14 heteroatoms. The van der Waals surface area contributed by atoms with Crippen LogP contribution >= 0.6 is 23.2 Å². The van der Waals surface area contributed by atoms with Gasteiger partial charge in [0.1, 0.15) is 27.4 Å². The Kier molecular flexibility index (Phi) is 9.79. The zero-order chi connectivity index (χ0) is 33.2. The molecule has 3 atom stereocenters. The van der Waals surface area contributed by atoms with Crippen LogP contribution in [0.2, 0.25) is 10.0 Å². The van der Waals surface area contributed by atoms with Gasteiger partial charge in [0.05, 0.1) is 38.7 Å². The zero-order valence-corrected chi connectivity index (χ0v) is 28.4. The SMILES string of the molecule is C=CC(=O)N[C@H]1CCC(C2CCCC2)C[C@H]1Nc1ncc2c(n1)N(Cc1ccn(C)n1)C(=O)N(c1c(Cl)c(OC)cc(OC)c1Cl)C2. The predicted octanol–water partition coefficient (Wildman–Crippen LogP) is 6.12. The molecular formula is C33H40Cl2N8O4. The summed E-state index contributed by atoms with van der Waals surface area (Å²) < 4.78 is 12.6. The van der Waals surface area contributed by atoms with Crippen LogP contribution in [0.5, 0.6) is 11.5 Å². The number of methoxy groups -OCH3 is 2. The highest BCUT2D eigenvalue weighted by Crippen LogP contribution is 2.48. The fraction of sp³-hybridized carbons (Fsp3) is 0.485. The van der Waals surface area contributed by atoms with Crippen LogP contribution in [0.15, 0.2) is 37.2 Å². The van der Waals surface area contributed by atoms with E-state index in [1.807, 2.05) is 19.3 Å². The minimum absolute atomic E-state index is 0.0850. The Hall–Kier alpha value is -4.03. The van der Waals surface area contributed by atoms with E-state index >= 15 is 0 Å². The van der Waals surface area contributed by atoms with Gasteiger partial charge in [0.15, 0.2) is 0 Å². The van der Waals surface area contributed by atoms with Gasteiger partial charge in [0.25, 0.3) is 0 Å². The molecule has 6 rings (SSSR count). The Labute approximate surface area is 284 Å². The second kappa shape index (κ2) is 14.0. The van der Waals surface area contributed by atoms with Gasteiger partial charge in [-0.25, -0.2) is 9.78 Å². The maximum absolute atomic E-state index is 14.4. The number of rotatable bonds is 10. The van der Waals surface area contributed by atoms with Gasteiger partial charge in [-0.1, -0.05) is 55.5 Å². The summed E-state index contributed by atoms with van der Waals surface area (Å²) in [6, 6.07) is 2.84.